The van der Waals surface area contributed by atoms with Gasteiger partial charge < -0.3 is 14.6 Å². The summed E-state index contributed by atoms with van der Waals surface area (Å²) in [6.45, 7) is 5.47. The third kappa shape index (κ3) is 3.64. The van der Waals surface area contributed by atoms with E-state index in [9.17, 15) is 5.11 Å². The van der Waals surface area contributed by atoms with E-state index in [1.807, 2.05) is 0 Å². The number of nitrogens with zero attached hydrogens (tertiary/aromatic N) is 1. The normalized spacial score (nSPS) is 21.7. The molecular formula is C15H22ClNO3. The molecule has 1 saturated heterocycles. The molecule has 2 atom stereocenters. The first-order valence-electron chi connectivity index (χ1n) is 7.01. The molecule has 0 bridgehead atoms. The quantitative estimate of drug-likeness (QED) is 0.907. The first kappa shape index (κ1) is 15.6. The smallest absolute Gasteiger partial charge is 0.124 e. The van der Waals surface area contributed by atoms with Gasteiger partial charge in [0.05, 0.1) is 13.7 Å². The van der Waals surface area contributed by atoms with Crippen molar-refractivity contribution in [3.8, 4) is 5.75 Å². The monoisotopic (exact) mass is 299 g/mol. The first-order valence-corrected chi connectivity index (χ1v) is 7.39. The van der Waals surface area contributed by atoms with E-state index in [1.54, 1.807) is 25.3 Å². The van der Waals surface area contributed by atoms with Crippen molar-refractivity contribution in [3.63, 3.8) is 0 Å². The zero-order valence-electron chi connectivity index (χ0n) is 12.0. The first-order chi connectivity index (χ1) is 9.65. The second-order valence-corrected chi connectivity index (χ2v) is 5.48. The number of rotatable bonds is 5. The lowest BCUT2D eigenvalue weighted by molar-refractivity contribution is -0.0903. The Morgan fingerprint density at radius 1 is 1.55 bits per heavy atom. The largest absolute Gasteiger partial charge is 0.496 e. The van der Waals surface area contributed by atoms with Crippen LogP contribution in [0, 0.1) is 0 Å². The van der Waals surface area contributed by atoms with Crippen LogP contribution in [0.2, 0.25) is 5.02 Å². The molecule has 1 aromatic carbocycles. The summed E-state index contributed by atoms with van der Waals surface area (Å²) in [4.78, 5) is 2.31. The molecule has 0 aliphatic carbocycles. The summed E-state index contributed by atoms with van der Waals surface area (Å²) in [6, 6.07) is 5.27. The standard InChI is InChI=1S/C15H22ClNO3/c1-3-6-17-7-8-20-14(10-17)15(18)12-9-11(16)4-5-13(12)19-2/h4-5,9,14-15,18H,3,6-8,10H2,1-2H3. The summed E-state index contributed by atoms with van der Waals surface area (Å²) in [5, 5.41) is 11.2. The fraction of sp³-hybridized carbons (Fsp3) is 0.600. The molecule has 1 aliphatic rings. The van der Waals surface area contributed by atoms with Crippen LogP contribution in [-0.2, 0) is 4.74 Å². The van der Waals surface area contributed by atoms with Crippen LogP contribution in [0.5, 0.6) is 5.75 Å². The lowest BCUT2D eigenvalue weighted by atomic mass is 10.0. The number of benzene rings is 1. The Labute approximate surface area is 125 Å². The molecule has 0 radical (unpaired) electrons. The van der Waals surface area contributed by atoms with Crippen LogP contribution in [0.3, 0.4) is 0 Å². The maximum Gasteiger partial charge on any atom is 0.124 e. The van der Waals surface area contributed by atoms with Crippen molar-refractivity contribution in [1.82, 2.24) is 4.90 Å². The number of aliphatic hydroxyl groups excluding tert-OH is 1. The van der Waals surface area contributed by atoms with Crippen molar-refractivity contribution in [3.05, 3.63) is 28.8 Å². The average molecular weight is 300 g/mol. The molecule has 112 valence electrons. The van der Waals surface area contributed by atoms with Gasteiger partial charge in [0.25, 0.3) is 0 Å². The van der Waals surface area contributed by atoms with Gasteiger partial charge in [-0.3, -0.25) is 4.90 Å². The van der Waals surface area contributed by atoms with Gasteiger partial charge in [0.15, 0.2) is 0 Å². The molecule has 1 N–H and O–H groups in total. The van der Waals surface area contributed by atoms with Crippen LogP contribution in [0.25, 0.3) is 0 Å². The summed E-state index contributed by atoms with van der Waals surface area (Å²) in [6.07, 6.45) is 0.120. The van der Waals surface area contributed by atoms with Gasteiger partial charge in [0.2, 0.25) is 0 Å². The molecule has 20 heavy (non-hydrogen) atoms. The molecule has 0 spiro atoms. The van der Waals surface area contributed by atoms with Crippen LogP contribution >= 0.6 is 11.6 Å². The van der Waals surface area contributed by atoms with Crippen LogP contribution in [0.1, 0.15) is 25.0 Å². The average Bonchev–Trinajstić information content (AvgIpc) is 2.47. The molecule has 0 amide bonds. The number of morpholine rings is 1. The maximum absolute atomic E-state index is 10.6. The van der Waals surface area contributed by atoms with Gasteiger partial charge in [-0.15, -0.1) is 0 Å². The van der Waals surface area contributed by atoms with E-state index in [4.69, 9.17) is 21.1 Å². The molecule has 2 rings (SSSR count). The predicted molar refractivity (Wildman–Crippen MR) is 79.4 cm³/mol. The Morgan fingerprint density at radius 2 is 2.35 bits per heavy atom. The lowest BCUT2D eigenvalue weighted by Crippen LogP contribution is -2.45. The third-order valence-electron chi connectivity index (χ3n) is 3.58. The fourth-order valence-corrected chi connectivity index (χ4v) is 2.76. The molecule has 5 heteroatoms. The van der Waals surface area contributed by atoms with Gasteiger partial charge in [-0.1, -0.05) is 18.5 Å². The molecule has 1 heterocycles. The number of hydrogen-bond acceptors (Lipinski definition) is 4. The van der Waals surface area contributed by atoms with E-state index in [-0.39, 0.29) is 6.10 Å². The van der Waals surface area contributed by atoms with E-state index in [0.29, 0.717) is 22.9 Å². The number of halogens is 1. The SMILES string of the molecule is CCCN1CCOC(C(O)c2cc(Cl)ccc2OC)C1. The highest BCUT2D eigenvalue weighted by molar-refractivity contribution is 6.30. The molecular weight excluding hydrogens is 278 g/mol. The van der Waals surface area contributed by atoms with Crippen LogP contribution in [0.4, 0.5) is 0 Å². The van der Waals surface area contributed by atoms with Crippen molar-refractivity contribution in [2.24, 2.45) is 0 Å². The van der Waals surface area contributed by atoms with E-state index in [0.717, 1.165) is 26.1 Å². The Morgan fingerprint density at radius 3 is 3.05 bits per heavy atom. The molecule has 1 aliphatic heterocycles. The van der Waals surface area contributed by atoms with Gasteiger partial charge in [0, 0.05) is 23.7 Å². The van der Waals surface area contributed by atoms with E-state index in [2.05, 4.69) is 11.8 Å². The van der Waals surface area contributed by atoms with Gasteiger partial charge in [-0.05, 0) is 31.2 Å². The second-order valence-electron chi connectivity index (χ2n) is 5.04. The zero-order chi connectivity index (χ0) is 14.5. The van der Waals surface area contributed by atoms with Gasteiger partial charge in [0.1, 0.15) is 18.0 Å². The minimum atomic E-state index is -0.733. The van der Waals surface area contributed by atoms with E-state index >= 15 is 0 Å². The molecule has 0 saturated carbocycles. The number of ether oxygens (including phenoxy) is 2. The molecule has 4 nitrogen and oxygen atoms in total. The summed E-state index contributed by atoms with van der Waals surface area (Å²) in [7, 11) is 1.59. The van der Waals surface area contributed by atoms with E-state index in [1.165, 1.54) is 0 Å². The van der Waals surface area contributed by atoms with Crippen LogP contribution in [0.15, 0.2) is 18.2 Å². The highest BCUT2D eigenvalue weighted by atomic mass is 35.5. The molecule has 1 fully saturated rings. The topological polar surface area (TPSA) is 41.9 Å². The van der Waals surface area contributed by atoms with Crippen LogP contribution < -0.4 is 4.74 Å². The van der Waals surface area contributed by atoms with Crippen molar-refractivity contribution >= 4 is 11.6 Å². The third-order valence-corrected chi connectivity index (χ3v) is 3.82. The maximum atomic E-state index is 10.6. The number of aliphatic hydroxyl groups is 1. The summed E-state index contributed by atoms with van der Waals surface area (Å²) in [5.41, 5.74) is 0.684. The van der Waals surface area contributed by atoms with Gasteiger partial charge >= 0.3 is 0 Å². The van der Waals surface area contributed by atoms with E-state index < -0.39 is 6.10 Å². The summed E-state index contributed by atoms with van der Waals surface area (Å²) < 4.78 is 11.0. The predicted octanol–water partition coefficient (Wildman–Crippen LogP) is 2.49. The van der Waals surface area contributed by atoms with Crippen molar-refractivity contribution < 1.29 is 14.6 Å². The molecule has 2 unspecified atom stereocenters. The zero-order valence-corrected chi connectivity index (χ0v) is 12.8. The Balaban J connectivity index is 2.13. The van der Waals surface area contributed by atoms with Crippen molar-refractivity contribution in [2.75, 3.05) is 33.4 Å². The fourth-order valence-electron chi connectivity index (χ4n) is 2.58. The minimum Gasteiger partial charge on any atom is -0.496 e. The summed E-state index contributed by atoms with van der Waals surface area (Å²) >= 11 is 6.02. The number of methoxy groups -OCH3 is 1. The van der Waals surface area contributed by atoms with Crippen molar-refractivity contribution in [2.45, 2.75) is 25.6 Å². The van der Waals surface area contributed by atoms with Crippen LogP contribution in [-0.4, -0.2) is 49.5 Å². The second kappa shape index (κ2) is 7.27. The highest BCUT2D eigenvalue weighted by Gasteiger charge is 2.29. The highest BCUT2D eigenvalue weighted by Crippen LogP contribution is 2.32. The summed E-state index contributed by atoms with van der Waals surface area (Å²) in [5.74, 6) is 0.637. The number of hydrogen-bond donors (Lipinski definition) is 1. The molecule has 0 aromatic heterocycles. The van der Waals surface area contributed by atoms with Gasteiger partial charge in [-0.2, -0.15) is 0 Å². The van der Waals surface area contributed by atoms with Crippen molar-refractivity contribution in [1.29, 1.82) is 0 Å². The minimum absolute atomic E-state index is 0.248. The Hall–Kier alpha value is -0.810. The Bertz CT molecular complexity index is 439. The lowest BCUT2D eigenvalue weighted by Gasteiger charge is -2.35. The molecule has 1 aromatic rings. The Kier molecular flexibility index (Phi) is 5.66. The van der Waals surface area contributed by atoms with Gasteiger partial charge in [-0.25, -0.2) is 0 Å².